The van der Waals surface area contributed by atoms with Gasteiger partial charge in [-0.3, -0.25) is 10.1 Å². The highest BCUT2D eigenvalue weighted by Gasteiger charge is 2.18. The lowest BCUT2D eigenvalue weighted by molar-refractivity contribution is -0.383. The van der Waals surface area contributed by atoms with Crippen LogP contribution in [0.1, 0.15) is 5.69 Å². The van der Waals surface area contributed by atoms with Crippen LogP contribution in [0, 0.1) is 17.0 Å². The van der Waals surface area contributed by atoms with Crippen molar-refractivity contribution in [1.82, 2.24) is 14.6 Å². The largest absolute Gasteiger partial charge is 0.493 e. The van der Waals surface area contributed by atoms with Crippen LogP contribution in [0.5, 0.6) is 5.88 Å². The molecular weight excluding hydrogens is 188 g/mol. The molecule has 2 aromatic heterocycles. The van der Waals surface area contributed by atoms with Gasteiger partial charge in [0, 0.05) is 11.8 Å². The molecule has 7 heteroatoms. The Balaban J connectivity index is 2.85. The first kappa shape index (κ1) is 8.42. The van der Waals surface area contributed by atoms with E-state index in [-0.39, 0.29) is 17.2 Å². The highest BCUT2D eigenvalue weighted by Crippen LogP contribution is 2.21. The molecular formula is C7H6N4O3. The number of rotatable bonds is 1. The van der Waals surface area contributed by atoms with Crippen LogP contribution in [-0.2, 0) is 0 Å². The fourth-order valence-corrected chi connectivity index (χ4v) is 1.18. The van der Waals surface area contributed by atoms with Crippen LogP contribution in [0.15, 0.2) is 12.3 Å². The van der Waals surface area contributed by atoms with E-state index in [4.69, 9.17) is 0 Å². The van der Waals surface area contributed by atoms with Gasteiger partial charge in [-0.2, -0.15) is 9.61 Å². The number of hydrogen-bond acceptors (Lipinski definition) is 5. The molecule has 0 amide bonds. The zero-order chi connectivity index (χ0) is 10.3. The van der Waals surface area contributed by atoms with E-state index in [1.54, 1.807) is 6.92 Å². The lowest BCUT2D eigenvalue weighted by Gasteiger charge is -1.97. The summed E-state index contributed by atoms with van der Waals surface area (Å²) < 4.78 is 1.02. The number of nitro groups is 1. The van der Waals surface area contributed by atoms with Crippen molar-refractivity contribution >= 4 is 11.3 Å². The first-order valence-electron chi connectivity index (χ1n) is 3.78. The molecule has 0 spiro atoms. The number of aromatic hydroxyl groups is 1. The van der Waals surface area contributed by atoms with Gasteiger partial charge in [0.05, 0.1) is 4.92 Å². The van der Waals surface area contributed by atoms with E-state index in [2.05, 4.69) is 10.1 Å². The van der Waals surface area contributed by atoms with Gasteiger partial charge in [0.25, 0.3) is 0 Å². The monoisotopic (exact) mass is 194 g/mol. The molecule has 7 nitrogen and oxygen atoms in total. The molecule has 0 aliphatic rings. The summed E-state index contributed by atoms with van der Waals surface area (Å²) in [6.45, 7) is 1.64. The van der Waals surface area contributed by atoms with Crippen molar-refractivity contribution in [1.29, 1.82) is 0 Å². The molecule has 0 fully saturated rings. The maximum absolute atomic E-state index is 10.5. The van der Waals surface area contributed by atoms with Gasteiger partial charge in [0.2, 0.25) is 11.5 Å². The van der Waals surface area contributed by atoms with E-state index in [0.29, 0.717) is 5.69 Å². The Bertz CT molecular complexity index is 519. The fourth-order valence-electron chi connectivity index (χ4n) is 1.18. The van der Waals surface area contributed by atoms with Crippen LogP contribution in [-0.4, -0.2) is 24.6 Å². The van der Waals surface area contributed by atoms with E-state index in [1.165, 1.54) is 6.07 Å². The molecule has 2 heterocycles. The Kier molecular flexibility index (Phi) is 1.60. The van der Waals surface area contributed by atoms with E-state index >= 15 is 0 Å². The maximum atomic E-state index is 10.5. The molecule has 0 unspecified atom stereocenters. The summed E-state index contributed by atoms with van der Waals surface area (Å²) in [6.07, 6.45) is 1.06. The van der Waals surface area contributed by atoms with Crippen molar-refractivity contribution in [2.24, 2.45) is 0 Å². The molecule has 0 bridgehead atoms. The second-order valence-corrected chi connectivity index (χ2v) is 2.78. The van der Waals surface area contributed by atoms with E-state index in [9.17, 15) is 15.2 Å². The summed E-state index contributed by atoms with van der Waals surface area (Å²) in [6, 6.07) is 1.38. The predicted octanol–water partition coefficient (Wildman–Crippen LogP) is 0.652. The zero-order valence-corrected chi connectivity index (χ0v) is 7.21. The van der Waals surface area contributed by atoms with Crippen molar-refractivity contribution in [3.63, 3.8) is 0 Å². The van der Waals surface area contributed by atoms with Gasteiger partial charge in [-0.15, -0.1) is 0 Å². The van der Waals surface area contributed by atoms with Crippen molar-refractivity contribution in [3.05, 3.63) is 28.1 Å². The Morgan fingerprint density at radius 3 is 3.00 bits per heavy atom. The second-order valence-electron chi connectivity index (χ2n) is 2.78. The van der Waals surface area contributed by atoms with Crippen LogP contribution in [0.4, 0.5) is 5.69 Å². The van der Waals surface area contributed by atoms with Crippen LogP contribution < -0.4 is 0 Å². The second kappa shape index (κ2) is 2.66. The summed E-state index contributed by atoms with van der Waals surface area (Å²) in [4.78, 5) is 13.9. The van der Waals surface area contributed by atoms with Crippen LogP contribution >= 0.6 is 0 Å². The number of aryl methyl sites for hydroxylation is 1. The molecule has 14 heavy (non-hydrogen) atoms. The summed E-state index contributed by atoms with van der Waals surface area (Å²) in [7, 11) is 0. The van der Waals surface area contributed by atoms with Crippen LogP contribution in [0.25, 0.3) is 5.65 Å². The Morgan fingerprint density at radius 1 is 1.64 bits per heavy atom. The summed E-state index contributed by atoms with van der Waals surface area (Å²) in [5.74, 6) is -0.166. The lowest BCUT2D eigenvalue weighted by atomic mass is 10.4. The van der Waals surface area contributed by atoms with Crippen molar-refractivity contribution in [2.45, 2.75) is 6.92 Å². The van der Waals surface area contributed by atoms with E-state index in [1.807, 2.05) is 0 Å². The summed E-state index contributed by atoms with van der Waals surface area (Å²) in [5.41, 5.74) is 0.329. The number of hydrogen-bond donors (Lipinski definition) is 1. The predicted molar refractivity (Wildman–Crippen MR) is 46.0 cm³/mol. The van der Waals surface area contributed by atoms with Crippen molar-refractivity contribution in [2.75, 3.05) is 0 Å². The van der Waals surface area contributed by atoms with Crippen LogP contribution in [0.2, 0.25) is 0 Å². The van der Waals surface area contributed by atoms with Gasteiger partial charge >= 0.3 is 5.69 Å². The first-order valence-corrected chi connectivity index (χ1v) is 3.78. The molecule has 0 radical (unpaired) electrons. The number of aromatic nitrogens is 3. The quantitative estimate of drug-likeness (QED) is 0.531. The summed E-state index contributed by atoms with van der Waals surface area (Å²) in [5, 5.41) is 23.6. The molecule has 0 aliphatic carbocycles. The normalized spacial score (nSPS) is 10.6. The third-order valence-corrected chi connectivity index (χ3v) is 1.76. The minimum atomic E-state index is -0.589. The SMILES string of the molecule is Cc1cc(O)n2ncc([N+](=O)[O-])c2n1. The molecule has 2 rings (SSSR count). The van der Waals surface area contributed by atoms with Gasteiger partial charge in [0.15, 0.2) is 0 Å². The van der Waals surface area contributed by atoms with Gasteiger partial charge in [-0.1, -0.05) is 0 Å². The van der Waals surface area contributed by atoms with Gasteiger partial charge in [0.1, 0.15) is 6.20 Å². The van der Waals surface area contributed by atoms with Crippen LogP contribution in [0.3, 0.4) is 0 Å². The van der Waals surface area contributed by atoms with Crippen molar-refractivity contribution < 1.29 is 10.0 Å². The highest BCUT2D eigenvalue weighted by atomic mass is 16.6. The fraction of sp³-hybridized carbons (Fsp3) is 0.143. The lowest BCUT2D eigenvalue weighted by Crippen LogP contribution is -1.95. The van der Waals surface area contributed by atoms with Gasteiger partial charge < -0.3 is 5.11 Å². The molecule has 2 aromatic rings. The Labute approximate surface area is 77.8 Å². The number of nitrogens with zero attached hydrogens (tertiary/aromatic N) is 4. The van der Waals surface area contributed by atoms with Gasteiger partial charge in [-0.05, 0) is 6.92 Å². The first-order chi connectivity index (χ1) is 6.59. The molecule has 0 aromatic carbocycles. The van der Waals surface area contributed by atoms with E-state index < -0.39 is 4.92 Å². The minimum absolute atomic E-state index is 0.0486. The molecule has 1 N–H and O–H groups in total. The third-order valence-electron chi connectivity index (χ3n) is 1.76. The molecule has 72 valence electrons. The topological polar surface area (TPSA) is 93.6 Å². The zero-order valence-electron chi connectivity index (χ0n) is 7.21. The average Bonchev–Trinajstić information content (AvgIpc) is 2.47. The Hall–Kier alpha value is -2.18. The standard InChI is InChI=1S/C7H6N4O3/c1-4-2-6(12)10-7(9-4)5(3-8-10)11(13)14/h2-3,12H,1H3. The van der Waals surface area contributed by atoms with Crippen molar-refractivity contribution in [3.8, 4) is 5.88 Å². The average molecular weight is 194 g/mol. The molecule has 0 aliphatic heterocycles. The Morgan fingerprint density at radius 2 is 2.36 bits per heavy atom. The summed E-state index contributed by atoms with van der Waals surface area (Å²) >= 11 is 0. The highest BCUT2D eigenvalue weighted by molar-refractivity contribution is 5.59. The number of fused-ring (bicyclic) bond motifs is 1. The minimum Gasteiger partial charge on any atom is -0.493 e. The van der Waals surface area contributed by atoms with E-state index in [0.717, 1.165) is 10.7 Å². The third kappa shape index (κ3) is 1.06. The molecule has 0 saturated carbocycles. The smallest absolute Gasteiger partial charge is 0.333 e. The van der Waals surface area contributed by atoms with Gasteiger partial charge in [-0.25, -0.2) is 4.98 Å². The molecule has 0 atom stereocenters. The maximum Gasteiger partial charge on any atom is 0.333 e. The molecule has 0 saturated heterocycles.